The number of carbonyl (C=O) groups excluding carboxylic acids is 1. The number of benzene rings is 4. The Balaban J connectivity index is 1.19. The lowest BCUT2D eigenvalue weighted by molar-refractivity contribution is 0.134. The highest BCUT2D eigenvalue weighted by Gasteiger charge is 2.29. The molecule has 0 saturated carbocycles. The fourth-order valence-corrected chi connectivity index (χ4v) is 9.60. The summed E-state index contributed by atoms with van der Waals surface area (Å²) >= 11 is 26.3. The summed E-state index contributed by atoms with van der Waals surface area (Å²) in [6, 6.07) is 25.2. The highest BCUT2D eigenvalue weighted by atomic mass is 32.1. The van der Waals surface area contributed by atoms with Crippen LogP contribution in [0.1, 0.15) is 37.8 Å². The molecule has 0 unspecified atom stereocenters. The minimum Gasteiger partial charge on any atom is -0.442 e. The summed E-state index contributed by atoms with van der Waals surface area (Å²) in [7, 11) is 0. The average molecular weight is 744 g/mol. The van der Waals surface area contributed by atoms with Gasteiger partial charge in [0, 0.05) is 33.4 Å². The zero-order valence-corrected chi connectivity index (χ0v) is 29.8. The topological polar surface area (TPSA) is 82.8 Å². The molecule has 0 radical (unpaired) electrons. The molecule has 7 nitrogen and oxygen atoms in total. The van der Waals surface area contributed by atoms with Gasteiger partial charge in [-0.3, -0.25) is 0 Å². The van der Waals surface area contributed by atoms with Crippen molar-refractivity contribution in [2.75, 3.05) is 0 Å². The number of fused-ring (bicyclic) bond motifs is 8. The summed E-state index contributed by atoms with van der Waals surface area (Å²) in [5.41, 5.74) is 8.25. The largest absolute Gasteiger partial charge is 0.452 e. The molecule has 0 spiro atoms. The van der Waals surface area contributed by atoms with Crippen LogP contribution in [0.3, 0.4) is 0 Å². The van der Waals surface area contributed by atoms with Crippen molar-refractivity contribution in [3.63, 3.8) is 0 Å². The van der Waals surface area contributed by atoms with Crippen LogP contribution in [0.2, 0.25) is 0 Å². The molecule has 234 valence electrons. The van der Waals surface area contributed by atoms with Gasteiger partial charge in [-0.05, 0) is 17.7 Å². The molecule has 49 heavy (non-hydrogen) atoms. The molecule has 2 aliphatic carbocycles. The number of nitrogens with zero attached hydrogens (tertiary/aromatic N) is 5. The van der Waals surface area contributed by atoms with Crippen molar-refractivity contribution in [2.24, 2.45) is 0 Å². The number of ether oxygens (including phenoxy) is 1. The van der Waals surface area contributed by atoms with E-state index in [1.54, 1.807) is 0 Å². The second-order valence-corrected chi connectivity index (χ2v) is 14.9. The van der Waals surface area contributed by atoms with Crippen LogP contribution in [0.4, 0.5) is 4.79 Å². The maximum Gasteiger partial charge on any atom is 0.452 e. The number of carbonyl (C=O) groups is 1. The van der Waals surface area contributed by atoms with Gasteiger partial charge in [0.05, 0.1) is 28.9 Å². The molecule has 4 aromatic carbocycles. The number of aromatic nitrogens is 5. The third kappa shape index (κ3) is 4.96. The molecule has 0 saturated heterocycles. The quantitative estimate of drug-likeness (QED) is 0.129. The summed E-state index contributed by atoms with van der Waals surface area (Å²) in [5.74, 6) is 0. The van der Waals surface area contributed by atoms with Crippen LogP contribution in [0.15, 0.2) is 90.0 Å². The van der Waals surface area contributed by atoms with Crippen molar-refractivity contribution in [2.45, 2.75) is 6.61 Å². The number of thiocarbonyl (C=S) groups is 4. The second kappa shape index (κ2) is 11.8. The predicted molar refractivity (Wildman–Crippen MR) is 212 cm³/mol. The van der Waals surface area contributed by atoms with Crippen molar-refractivity contribution >= 4 is 141 Å². The minimum atomic E-state index is -0.713. The van der Waals surface area contributed by atoms with Crippen molar-refractivity contribution < 1.29 is 9.53 Å². The first-order chi connectivity index (χ1) is 23.9. The molecule has 13 heteroatoms. The lowest BCUT2D eigenvalue weighted by Crippen LogP contribution is -2.16. The second-order valence-electron chi connectivity index (χ2n) is 11.2. The zero-order chi connectivity index (χ0) is 33.4. The van der Waals surface area contributed by atoms with Gasteiger partial charge in [0.1, 0.15) is 38.7 Å². The van der Waals surface area contributed by atoms with Crippen LogP contribution < -0.4 is 0 Å². The van der Waals surface area contributed by atoms with E-state index < -0.39 is 6.09 Å². The van der Waals surface area contributed by atoms with Crippen LogP contribution in [0.5, 0.6) is 0 Å². The standard InChI is InChI=1S/C36H17N5O2S6/c42-36(43-16-17-8-2-1-3-9-17)41-39-26-27(40-41)29-35(49-25(38-29)15-23-32(46)20-12-6-7-13-21(20)33(23)47)34-28(26)37-24(48-34)14-22-30(44)18-10-4-5-11-19(18)31(22)45/h1-15H,16H2. The Labute approximate surface area is 307 Å². The van der Waals surface area contributed by atoms with E-state index in [1.165, 1.54) is 22.7 Å². The van der Waals surface area contributed by atoms with Crippen molar-refractivity contribution in [1.29, 1.82) is 0 Å². The van der Waals surface area contributed by atoms with Crippen LogP contribution in [0.25, 0.3) is 43.6 Å². The van der Waals surface area contributed by atoms with Gasteiger partial charge in [-0.1, -0.05) is 133 Å². The van der Waals surface area contributed by atoms with Gasteiger partial charge in [0.2, 0.25) is 0 Å². The van der Waals surface area contributed by atoms with Gasteiger partial charge in [-0.15, -0.1) is 32.9 Å². The molecule has 0 aliphatic heterocycles. The zero-order valence-electron chi connectivity index (χ0n) is 24.9. The molecule has 3 aromatic heterocycles. The smallest absolute Gasteiger partial charge is 0.442 e. The fraction of sp³-hybridized carbons (Fsp3) is 0.0278. The van der Waals surface area contributed by atoms with Crippen molar-refractivity contribution in [3.05, 3.63) is 128 Å². The van der Waals surface area contributed by atoms with Gasteiger partial charge < -0.3 is 4.74 Å². The first-order valence-corrected chi connectivity index (χ1v) is 18.1. The molecule has 0 amide bonds. The number of allylic oxidation sites excluding steroid dienone is 2. The third-order valence-corrected chi connectivity index (χ3v) is 12.2. The first kappa shape index (κ1) is 30.4. The molecular formula is C36H17N5O2S6. The summed E-state index contributed by atoms with van der Waals surface area (Å²) in [5, 5.41) is 10.6. The van der Waals surface area contributed by atoms with Gasteiger partial charge in [0.15, 0.2) is 0 Å². The summed E-state index contributed by atoms with van der Waals surface area (Å²) in [4.78, 5) is 26.9. The van der Waals surface area contributed by atoms with Crippen LogP contribution in [-0.4, -0.2) is 50.5 Å². The maximum atomic E-state index is 13.2. The number of thiazole rings is 2. The molecule has 0 fully saturated rings. The molecule has 0 bridgehead atoms. The Morgan fingerprint density at radius 2 is 1.02 bits per heavy atom. The SMILES string of the molecule is O=C(OCc1ccccc1)n1nc2c(n1)c1nc(C=C3C(=S)c4ccccc4C3=S)sc1c1sc(C=C3C(=S)c4ccccc4C3=S)nc21. The van der Waals surface area contributed by atoms with Gasteiger partial charge >= 0.3 is 6.09 Å². The third-order valence-electron chi connectivity index (χ3n) is 8.27. The summed E-state index contributed by atoms with van der Waals surface area (Å²) in [6.45, 7) is 0.0790. The van der Waals surface area contributed by atoms with E-state index in [1.807, 2.05) is 91.0 Å². The monoisotopic (exact) mass is 743 g/mol. The highest BCUT2D eigenvalue weighted by Crippen LogP contribution is 2.41. The van der Waals surface area contributed by atoms with Gasteiger partial charge in [-0.25, -0.2) is 14.8 Å². The Morgan fingerprint density at radius 3 is 1.45 bits per heavy atom. The predicted octanol–water partition coefficient (Wildman–Crippen LogP) is 8.90. The lowest BCUT2D eigenvalue weighted by atomic mass is 10.1. The van der Waals surface area contributed by atoms with E-state index in [4.69, 9.17) is 63.6 Å². The van der Waals surface area contributed by atoms with Crippen LogP contribution >= 0.6 is 71.5 Å². The van der Waals surface area contributed by atoms with E-state index in [0.29, 0.717) is 51.5 Å². The minimum absolute atomic E-state index is 0.0790. The number of hydrogen-bond donors (Lipinski definition) is 0. The normalized spacial score (nSPS) is 14.0. The highest BCUT2D eigenvalue weighted by molar-refractivity contribution is 7.84. The molecular weight excluding hydrogens is 727 g/mol. The molecule has 0 N–H and O–H groups in total. The Bertz CT molecular complexity index is 2490. The molecule has 3 heterocycles. The lowest BCUT2D eigenvalue weighted by Gasteiger charge is -2.02. The molecule has 7 aromatic rings. The summed E-state index contributed by atoms with van der Waals surface area (Å²) in [6.07, 6.45) is 3.15. The van der Waals surface area contributed by atoms with Crippen molar-refractivity contribution in [1.82, 2.24) is 25.0 Å². The number of hydrogen-bond acceptors (Lipinski definition) is 12. The van der Waals surface area contributed by atoms with Gasteiger partial charge in [-0.2, -0.15) is 0 Å². The van der Waals surface area contributed by atoms with Gasteiger partial charge in [0.25, 0.3) is 0 Å². The van der Waals surface area contributed by atoms with E-state index in [2.05, 4.69) is 10.2 Å². The first-order valence-electron chi connectivity index (χ1n) is 14.9. The van der Waals surface area contributed by atoms with E-state index in [-0.39, 0.29) is 6.61 Å². The molecule has 0 atom stereocenters. The van der Waals surface area contributed by atoms with E-state index in [0.717, 1.165) is 53.2 Å². The summed E-state index contributed by atoms with van der Waals surface area (Å²) < 4.78 is 7.26. The van der Waals surface area contributed by atoms with E-state index in [9.17, 15) is 4.79 Å². The maximum absolute atomic E-state index is 13.2. The van der Waals surface area contributed by atoms with Crippen LogP contribution in [0, 0.1) is 0 Å². The van der Waals surface area contributed by atoms with Crippen LogP contribution in [-0.2, 0) is 11.3 Å². The fourth-order valence-electron chi connectivity index (χ4n) is 5.96. The average Bonchev–Trinajstić information content (AvgIpc) is 3.94. The number of rotatable bonds is 4. The molecule has 2 aliphatic rings. The van der Waals surface area contributed by atoms with Crippen molar-refractivity contribution in [3.8, 4) is 0 Å². The Kier molecular flexibility index (Phi) is 7.30. The van der Waals surface area contributed by atoms with E-state index >= 15 is 0 Å². The Hall–Kier alpha value is -4.63. The molecule has 9 rings (SSSR count). The Morgan fingerprint density at radius 1 is 0.612 bits per heavy atom.